The molecule has 0 heterocycles. The van der Waals surface area contributed by atoms with Gasteiger partial charge in [0.2, 0.25) is 0 Å². The molecule has 0 saturated heterocycles. The third-order valence-electron chi connectivity index (χ3n) is 3.61. The molecule has 0 aliphatic rings. The average molecular weight is 284 g/mol. The van der Waals surface area contributed by atoms with Crippen LogP contribution in [0.15, 0.2) is 48.5 Å². The molecule has 0 aromatic heterocycles. The van der Waals surface area contributed by atoms with Gasteiger partial charge in [0.15, 0.2) is 0 Å². The molecule has 0 unspecified atom stereocenters. The number of hydrogen-bond donors (Lipinski definition) is 2. The Balaban J connectivity index is 2.13. The molecular formula is C18H24N2O. The Bertz CT molecular complexity index is 534. The van der Waals surface area contributed by atoms with E-state index < -0.39 is 0 Å². The second-order valence-corrected chi connectivity index (χ2v) is 5.27. The molecule has 0 fully saturated rings. The molecule has 3 heteroatoms. The van der Waals surface area contributed by atoms with Crippen LogP contribution in [0.2, 0.25) is 0 Å². The molecular weight excluding hydrogens is 260 g/mol. The fourth-order valence-corrected chi connectivity index (χ4v) is 2.38. The van der Waals surface area contributed by atoms with Gasteiger partial charge in [-0.25, -0.2) is 0 Å². The molecule has 21 heavy (non-hydrogen) atoms. The Morgan fingerprint density at radius 1 is 0.905 bits per heavy atom. The summed E-state index contributed by atoms with van der Waals surface area (Å²) < 4.78 is 0. The zero-order valence-electron chi connectivity index (χ0n) is 12.6. The molecule has 0 atom stereocenters. The van der Waals surface area contributed by atoms with Crippen LogP contribution < -0.4 is 10.6 Å². The molecule has 0 bridgehead atoms. The van der Waals surface area contributed by atoms with Crippen LogP contribution in [-0.2, 0) is 19.7 Å². The second kappa shape index (κ2) is 7.81. The molecule has 2 aromatic rings. The van der Waals surface area contributed by atoms with Gasteiger partial charge in [-0.05, 0) is 35.2 Å². The number of hydrogen-bond acceptors (Lipinski definition) is 3. The Labute approximate surface area is 127 Å². The van der Waals surface area contributed by atoms with Gasteiger partial charge in [-0.15, -0.1) is 0 Å². The van der Waals surface area contributed by atoms with E-state index in [4.69, 9.17) is 10.8 Å². The van der Waals surface area contributed by atoms with E-state index in [1.165, 1.54) is 11.3 Å². The number of aliphatic hydroxyl groups excluding tert-OH is 1. The molecule has 3 N–H and O–H groups in total. The summed E-state index contributed by atoms with van der Waals surface area (Å²) in [6.45, 7) is 4.76. The number of anilines is 1. The summed E-state index contributed by atoms with van der Waals surface area (Å²) >= 11 is 0. The van der Waals surface area contributed by atoms with Crippen molar-refractivity contribution in [1.82, 2.24) is 0 Å². The van der Waals surface area contributed by atoms with E-state index in [1.54, 1.807) is 0 Å². The summed E-state index contributed by atoms with van der Waals surface area (Å²) in [5, 5.41) is 9.10. The third kappa shape index (κ3) is 4.31. The molecule has 0 aliphatic heterocycles. The van der Waals surface area contributed by atoms with Gasteiger partial charge in [0.25, 0.3) is 0 Å². The van der Waals surface area contributed by atoms with Crippen molar-refractivity contribution < 1.29 is 5.11 Å². The average Bonchev–Trinajstić information content (AvgIpc) is 2.55. The molecule has 0 amide bonds. The van der Waals surface area contributed by atoms with Gasteiger partial charge in [-0.3, -0.25) is 0 Å². The zero-order chi connectivity index (χ0) is 15.1. The molecule has 3 nitrogen and oxygen atoms in total. The zero-order valence-corrected chi connectivity index (χ0v) is 12.6. The quantitative estimate of drug-likeness (QED) is 0.821. The van der Waals surface area contributed by atoms with Gasteiger partial charge < -0.3 is 15.7 Å². The molecule has 112 valence electrons. The lowest BCUT2D eigenvalue weighted by Crippen LogP contribution is -2.23. The minimum absolute atomic E-state index is 0.0967. The van der Waals surface area contributed by atoms with Crippen LogP contribution in [0.3, 0.4) is 0 Å². The summed E-state index contributed by atoms with van der Waals surface area (Å²) in [4.78, 5) is 2.37. The van der Waals surface area contributed by atoms with Gasteiger partial charge in [0.05, 0.1) is 6.61 Å². The van der Waals surface area contributed by atoms with Gasteiger partial charge in [0.1, 0.15) is 0 Å². The fourth-order valence-electron chi connectivity index (χ4n) is 2.38. The molecule has 0 aliphatic carbocycles. The molecule has 0 spiro atoms. The lowest BCUT2D eigenvalue weighted by atomic mass is 10.1. The number of nitrogens with two attached hydrogens (primary N) is 1. The first-order chi connectivity index (χ1) is 10.3. The Morgan fingerprint density at radius 3 is 2.00 bits per heavy atom. The summed E-state index contributed by atoms with van der Waals surface area (Å²) in [6.07, 6.45) is 1.10. The van der Waals surface area contributed by atoms with Crippen LogP contribution in [-0.4, -0.2) is 11.7 Å². The van der Waals surface area contributed by atoms with Crippen LogP contribution in [0.1, 0.15) is 30.0 Å². The predicted octanol–water partition coefficient (Wildman–Crippen LogP) is 3.05. The topological polar surface area (TPSA) is 49.5 Å². The lowest BCUT2D eigenvalue weighted by Gasteiger charge is -2.25. The monoisotopic (exact) mass is 284 g/mol. The third-order valence-corrected chi connectivity index (χ3v) is 3.61. The summed E-state index contributed by atoms with van der Waals surface area (Å²) in [6, 6.07) is 16.6. The Morgan fingerprint density at radius 2 is 1.48 bits per heavy atom. The molecule has 0 radical (unpaired) electrons. The maximum absolute atomic E-state index is 9.10. The van der Waals surface area contributed by atoms with Crippen LogP contribution >= 0.6 is 0 Å². The summed E-state index contributed by atoms with van der Waals surface area (Å²) in [7, 11) is 0. The van der Waals surface area contributed by atoms with Gasteiger partial charge in [-0.2, -0.15) is 0 Å². The van der Waals surface area contributed by atoms with Crippen molar-refractivity contribution in [3.63, 3.8) is 0 Å². The van der Waals surface area contributed by atoms with Crippen molar-refractivity contribution in [3.8, 4) is 0 Å². The Hall–Kier alpha value is -1.84. The second-order valence-electron chi connectivity index (χ2n) is 5.27. The highest BCUT2D eigenvalue weighted by Crippen LogP contribution is 2.19. The van der Waals surface area contributed by atoms with Crippen LogP contribution in [0.4, 0.5) is 5.69 Å². The predicted molar refractivity (Wildman–Crippen MR) is 88.0 cm³/mol. The van der Waals surface area contributed by atoms with Crippen molar-refractivity contribution >= 4 is 5.69 Å². The largest absolute Gasteiger partial charge is 0.392 e. The van der Waals surface area contributed by atoms with Crippen molar-refractivity contribution in [2.75, 3.05) is 11.4 Å². The minimum atomic E-state index is 0.0967. The van der Waals surface area contributed by atoms with Gasteiger partial charge >= 0.3 is 0 Å². The van der Waals surface area contributed by atoms with E-state index in [-0.39, 0.29) is 6.61 Å². The lowest BCUT2D eigenvalue weighted by molar-refractivity contribution is 0.282. The molecule has 2 rings (SSSR count). The van der Waals surface area contributed by atoms with Gasteiger partial charge in [0, 0.05) is 25.3 Å². The SMILES string of the molecule is CCCN(Cc1ccc(CO)cc1)c1ccc(CN)cc1. The van der Waals surface area contributed by atoms with Crippen LogP contribution in [0.5, 0.6) is 0 Å². The normalized spacial score (nSPS) is 10.6. The number of nitrogens with zero attached hydrogens (tertiary/aromatic N) is 1. The van der Waals surface area contributed by atoms with E-state index >= 15 is 0 Å². The van der Waals surface area contributed by atoms with Crippen LogP contribution in [0.25, 0.3) is 0 Å². The minimum Gasteiger partial charge on any atom is -0.392 e. The highest BCUT2D eigenvalue weighted by molar-refractivity contribution is 5.48. The van der Waals surface area contributed by atoms with Crippen LogP contribution in [0, 0.1) is 0 Å². The van der Waals surface area contributed by atoms with Crippen molar-refractivity contribution in [1.29, 1.82) is 0 Å². The standard InChI is InChI=1S/C18H24N2O/c1-2-11-20(18-9-7-15(12-19)8-10-18)13-16-3-5-17(14-21)6-4-16/h3-10,21H,2,11-14,19H2,1H3. The number of aliphatic hydroxyl groups is 1. The first-order valence-corrected chi connectivity index (χ1v) is 7.49. The van der Waals surface area contributed by atoms with E-state index in [2.05, 4.69) is 48.2 Å². The summed E-state index contributed by atoms with van der Waals surface area (Å²) in [5.74, 6) is 0. The maximum Gasteiger partial charge on any atom is 0.0681 e. The smallest absolute Gasteiger partial charge is 0.0681 e. The van der Waals surface area contributed by atoms with Gasteiger partial charge in [-0.1, -0.05) is 43.3 Å². The van der Waals surface area contributed by atoms with E-state index in [0.29, 0.717) is 6.54 Å². The fraction of sp³-hybridized carbons (Fsp3) is 0.333. The number of benzene rings is 2. The van der Waals surface area contributed by atoms with E-state index in [9.17, 15) is 0 Å². The van der Waals surface area contributed by atoms with E-state index in [0.717, 1.165) is 30.6 Å². The number of rotatable bonds is 7. The van der Waals surface area contributed by atoms with Crippen molar-refractivity contribution in [2.45, 2.75) is 33.0 Å². The van der Waals surface area contributed by atoms with Crippen molar-refractivity contribution in [2.24, 2.45) is 5.73 Å². The molecule has 0 saturated carbocycles. The Kier molecular flexibility index (Phi) is 5.78. The van der Waals surface area contributed by atoms with Crippen molar-refractivity contribution in [3.05, 3.63) is 65.2 Å². The van der Waals surface area contributed by atoms with E-state index in [1.807, 2.05) is 12.1 Å². The molecule has 2 aromatic carbocycles. The summed E-state index contributed by atoms with van der Waals surface area (Å²) in [5.41, 5.74) is 10.2. The highest BCUT2D eigenvalue weighted by Gasteiger charge is 2.06. The first kappa shape index (κ1) is 15.5. The maximum atomic E-state index is 9.10. The first-order valence-electron chi connectivity index (χ1n) is 7.49. The highest BCUT2D eigenvalue weighted by atomic mass is 16.3.